The average Bonchev–Trinajstić information content (AvgIpc) is 2.49. The fraction of sp³-hybridized carbons (Fsp3) is 0.333. The summed E-state index contributed by atoms with van der Waals surface area (Å²) in [5, 5.41) is 2.31. The first kappa shape index (κ1) is 14.2. The number of fused-ring (bicyclic) bond motifs is 1. The van der Waals surface area contributed by atoms with Crippen molar-refractivity contribution < 1.29 is 4.18 Å². The molecule has 0 aliphatic carbocycles. The first-order valence-electron chi connectivity index (χ1n) is 6.53. The van der Waals surface area contributed by atoms with Gasteiger partial charge in [-0.1, -0.05) is 38.1 Å². The van der Waals surface area contributed by atoms with Crippen molar-refractivity contribution >= 4 is 23.7 Å². The van der Waals surface area contributed by atoms with Gasteiger partial charge in [-0.25, -0.2) is 5.43 Å². The molecule has 3 N–H and O–H groups in total. The van der Waals surface area contributed by atoms with E-state index in [-0.39, 0.29) is 5.54 Å². The van der Waals surface area contributed by atoms with Crippen molar-refractivity contribution in [2.45, 2.75) is 32.2 Å². The van der Waals surface area contributed by atoms with Crippen LogP contribution < -0.4 is 15.5 Å². The average molecular weight is 276 g/mol. The number of nitrogens with two attached hydrogens (primary N) is 1. The van der Waals surface area contributed by atoms with Crippen molar-refractivity contribution in [3.63, 3.8) is 0 Å². The lowest BCUT2D eigenvalue weighted by Gasteiger charge is -2.32. The standard InChI is InChI=1S/C15H20N2OS/c1-3-15(4-2,17-16)13-9-11-7-5-6-8-12(11)10-14(13)18-19/h5-10,17,19H,3-4,16H2,1-2H3. The fourth-order valence-electron chi connectivity index (χ4n) is 2.58. The Bertz CT molecular complexity index is 559. The molecule has 0 saturated heterocycles. The van der Waals surface area contributed by atoms with E-state index in [1.807, 2.05) is 18.2 Å². The summed E-state index contributed by atoms with van der Waals surface area (Å²) < 4.78 is 5.26. The van der Waals surface area contributed by atoms with Crippen molar-refractivity contribution in [3.05, 3.63) is 42.0 Å². The Labute approximate surface area is 119 Å². The zero-order valence-electron chi connectivity index (χ0n) is 11.3. The van der Waals surface area contributed by atoms with Crippen LogP contribution in [0.25, 0.3) is 10.8 Å². The molecule has 0 heterocycles. The number of hydrogen-bond donors (Lipinski definition) is 3. The monoisotopic (exact) mass is 276 g/mol. The molecule has 0 unspecified atom stereocenters. The largest absolute Gasteiger partial charge is 0.429 e. The Morgan fingerprint density at radius 3 is 2.21 bits per heavy atom. The minimum Gasteiger partial charge on any atom is -0.429 e. The minimum atomic E-state index is -0.290. The van der Waals surface area contributed by atoms with Crippen LogP contribution in [0.1, 0.15) is 32.3 Å². The smallest absolute Gasteiger partial charge is 0.142 e. The zero-order valence-corrected chi connectivity index (χ0v) is 12.2. The molecular formula is C15H20N2OS. The second kappa shape index (κ2) is 5.82. The lowest BCUT2D eigenvalue weighted by Crippen LogP contribution is -2.46. The fourth-order valence-corrected chi connectivity index (χ4v) is 2.73. The normalized spacial score (nSPS) is 11.8. The van der Waals surface area contributed by atoms with Gasteiger partial charge in [-0.2, -0.15) is 0 Å². The molecule has 4 heteroatoms. The van der Waals surface area contributed by atoms with Crippen LogP contribution in [0.2, 0.25) is 0 Å². The summed E-state index contributed by atoms with van der Waals surface area (Å²) in [4.78, 5) is 0. The van der Waals surface area contributed by atoms with E-state index in [1.54, 1.807) is 0 Å². The highest BCUT2D eigenvalue weighted by Crippen LogP contribution is 2.38. The van der Waals surface area contributed by atoms with Crippen LogP contribution in [0.4, 0.5) is 0 Å². The molecule has 0 radical (unpaired) electrons. The molecule has 2 aromatic rings. The molecule has 0 aliphatic heterocycles. The lowest BCUT2D eigenvalue weighted by molar-refractivity contribution is 0.309. The highest BCUT2D eigenvalue weighted by molar-refractivity contribution is 7.75. The maximum atomic E-state index is 5.80. The van der Waals surface area contributed by atoms with Gasteiger partial charge >= 0.3 is 0 Å². The molecule has 3 nitrogen and oxygen atoms in total. The first-order valence-corrected chi connectivity index (χ1v) is 6.89. The number of thiol groups is 1. The van der Waals surface area contributed by atoms with E-state index in [9.17, 15) is 0 Å². The summed E-state index contributed by atoms with van der Waals surface area (Å²) in [6.45, 7) is 4.22. The van der Waals surface area contributed by atoms with Crippen LogP contribution in [0, 0.1) is 0 Å². The van der Waals surface area contributed by atoms with Gasteiger partial charge < -0.3 is 4.18 Å². The van der Waals surface area contributed by atoms with Crippen molar-refractivity contribution in [3.8, 4) is 5.75 Å². The van der Waals surface area contributed by atoms with Gasteiger partial charge in [0.25, 0.3) is 0 Å². The zero-order chi connectivity index (χ0) is 13.9. The van der Waals surface area contributed by atoms with Crippen LogP contribution in [-0.2, 0) is 5.54 Å². The molecule has 19 heavy (non-hydrogen) atoms. The van der Waals surface area contributed by atoms with Crippen molar-refractivity contribution in [2.75, 3.05) is 0 Å². The van der Waals surface area contributed by atoms with Gasteiger partial charge in [0.05, 0.1) is 5.54 Å². The molecular weight excluding hydrogens is 256 g/mol. The van der Waals surface area contributed by atoms with Gasteiger partial charge in [0.1, 0.15) is 5.75 Å². The third-order valence-electron chi connectivity index (χ3n) is 3.95. The van der Waals surface area contributed by atoms with Gasteiger partial charge in [0.15, 0.2) is 0 Å². The number of benzene rings is 2. The van der Waals surface area contributed by atoms with Gasteiger partial charge in [0.2, 0.25) is 0 Å². The van der Waals surface area contributed by atoms with Crippen LogP contribution in [0.3, 0.4) is 0 Å². The molecule has 102 valence electrons. The molecule has 0 atom stereocenters. The van der Waals surface area contributed by atoms with Gasteiger partial charge in [-0.15, -0.1) is 0 Å². The van der Waals surface area contributed by atoms with E-state index < -0.39 is 0 Å². The third-order valence-corrected chi connectivity index (χ3v) is 4.14. The highest BCUT2D eigenvalue weighted by atomic mass is 32.1. The quantitative estimate of drug-likeness (QED) is 0.339. The number of nitrogens with one attached hydrogen (secondary N) is 1. The van der Waals surface area contributed by atoms with Gasteiger partial charge in [-0.05, 0) is 35.7 Å². The summed E-state index contributed by atoms with van der Waals surface area (Å²) in [5.74, 6) is 6.55. The SMILES string of the molecule is CCC(CC)(NN)c1cc2ccccc2cc1OS. The van der Waals surface area contributed by atoms with E-state index in [4.69, 9.17) is 10.0 Å². The number of hydrogen-bond acceptors (Lipinski definition) is 4. The molecule has 0 bridgehead atoms. The van der Waals surface area contributed by atoms with Gasteiger partial charge in [-0.3, -0.25) is 5.84 Å². The van der Waals surface area contributed by atoms with E-state index in [0.717, 1.165) is 29.5 Å². The number of rotatable bonds is 5. The molecule has 0 amide bonds. The Morgan fingerprint density at radius 2 is 1.74 bits per heavy atom. The lowest BCUT2D eigenvalue weighted by atomic mass is 9.83. The number of hydrazine groups is 1. The van der Waals surface area contributed by atoms with Crippen LogP contribution in [0.5, 0.6) is 5.75 Å². The third kappa shape index (κ3) is 2.43. The van der Waals surface area contributed by atoms with Crippen molar-refractivity contribution in [2.24, 2.45) is 5.84 Å². The highest BCUT2D eigenvalue weighted by Gasteiger charge is 2.30. The van der Waals surface area contributed by atoms with Crippen molar-refractivity contribution in [1.82, 2.24) is 5.43 Å². The summed E-state index contributed by atoms with van der Waals surface area (Å²) >= 11 is 3.99. The predicted molar refractivity (Wildman–Crippen MR) is 83.1 cm³/mol. The van der Waals surface area contributed by atoms with Gasteiger partial charge in [0, 0.05) is 18.5 Å². The molecule has 0 spiro atoms. The Hall–Kier alpha value is -1.23. The Kier molecular flexibility index (Phi) is 4.34. The Morgan fingerprint density at radius 1 is 1.16 bits per heavy atom. The second-order valence-electron chi connectivity index (χ2n) is 4.72. The summed E-state index contributed by atoms with van der Waals surface area (Å²) in [7, 11) is 0. The first-order chi connectivity index (χ1) is 9.20. The summed E-state index contributed by atoms with van der Waals surface area (Å²) in [5.41, 5.74) is 3.72. The van der Waals surface area contributed by atoms with E-state index in [2.05, 4.69) is 50.4 Å². The molecule has 0 fully saturated rings. The van der Waals surface area contributed by atoms with Crippen LogP contribution in [0.15, 0.2) is 36.4 Å². The molecule has 2 aromatic carbocycles. The van der Waals surface area contributed by atoms with Crippen LogP contribution >= 0.6 is 12.9 Å². The molecule has 0 saturated carbocycles. The molecule has 0 aromatic heterocycles. The Balaban J connectivity index is 2.70. The van der Waals surface area contributed by atoms with E-state index in [1.165, 1.54) is 5.39 Å². The molecule has 0 aliphatic rings. The molecule has 2 rings (SSSR count). The van der Waals surface area contributed by atoms with Crippen LogP contribution in [-0.4, -0.2) is 0 Å². The van der Waals surface area contributed by atoms with E-state index in [0.29, 0.717) is 0 Å². The second-order valence-corrected chi connectivity index (χ2v) is 4.90. The minimum absolute atomic E-state index is 0.290. The summed E-state index contributed by atoms with van der Waals surface area (Å²) in [6.07, 6.45) is 1.75. The predicted octanol–water partition coefficient (Wildman–Crippen LogP) is 3.54. The summed E-state index contributed by atoms with van der Waals surface area (Å²) in [6, 6.07) is 12.3. The van der Waals surface area contributed by atoms with E-state index >= 15 is 0 Å². The maximum Gasteiger partial charge on any atom is 0.142 e. The topological polar surface area (TPSA) is 47.3 Å². The maximum absolute atomic E-state index is 5.80. The van der Waals surface area contributed by atoms with Crippen molar-refractivity contribution in [1.29, 1.82) is 0 Å².